The molecular weight excluding hydrogens is 681 g/mol. The van der Waals surface area contributed by atoms with Crippen molar-refractivity contribution in [1.29, 1.82) is 5.26 Å². The number of hydrogen-bond acceptors (Lipinski definition) is 1. The molecule has 4 nitrogen and oxygen atoms in total. The lowest BCUT2D eigenvalue weighted by Crippen LogP contribution is -2.08. The van der Waals surface area contributed by atoms with E-state index in [1.165, 1.54) is 0 Å². The van der Waals surface area contributed by atoms with E-state index in [1.54, 1.807) is 0 Å². The van der Waals surface area contributed by atoms with E-state index in [-0.39, 0.29) is 0 Å². The molecular formula is C52H30N4. The highest BCUT2D eigenvalue weighted by atomic mass is 15.0. The maximum atomic E-state index is 11.8. The molecule has 0 N–H and O–H groups in total. The Bertz CT molecular complexity index is 3170. The zero-order valence-corrected chi connectivity index (χ0v) is 30.1. The van der Waals surface area contributed by atoms with Gasteiger partial charge in [0.05, 0.1) is 45.6 Å². The fraction of sp³-hybridized carbons (Fsp3) is 0. The third-order valence-corrected chi connectivity index (χ3v) is 11.3. The molecule has 0 saturated carbocycles. The summed E-state index contributed by atoms with van der Waals surface area (Å²) in [5, 5.41) is 20.5. The largest absolute Gasteiger partial charge is 0.318 e. The first kappa shape index (κ1) is 31.6. The first-order chi connectivity index (χ1) is 27.7. The molecule has 258 valence electrons. The van der Waals surface area contributed by atoms with Gasteiger partial charge in [0.2, 0.25) is 5.69 Å². The molecule has 11 rings (SSSR count). The number of fused-ring (bicyclic) bond motifs is 8. The molecule has 0 radical (unpaired) electrons. The van der Waals surface area contributed by atoms with E-state index in [4.69, 9.17) is 0 Å². The van der Waals surface area contributed by atoms with Gasteiger partial charge in [-0.2, -0.15) is 5.26 Å². The predicted octanol–water partition coefficient (Wildman–Crippen LogP) is 13.9. The van der Waals surface area contributed by atoms with E-state index >= 15 is 0 Å². The summed E-state index contributed by atoms with van der Waals surface area (Å²) in [6, 6.07) is 65.7. The minimum absolute atomic E-state index is 0.478. The average molecular weight is 711 g/mol. The maximum absolute atomic E-state index is 11.8. The summed E-state index contributed by atoms with van der Waals surface area (Å²) in [6.45, 7) is 9.24. The van der Waals surface area contributed by atoms with Crippen molar-refractivity contribution in [1.82, 2.24) is 9.13 Å². The van der Waals surface area contributed by atoms with E-state index in [0.29, 0.717) is 22.6 Å². The highest BCUT2D eigenvalue weighted by Gasteiger charge is 2.31. The summed E-state index contributed by atoms with van der Waals surface area (Å²) in [5.41, 5.74) is 9.42. The number of aromatic nitrogens is 2. The molecule has 0 spiro atoms. The Morgan fingerprint density at radius 2 is 0.786 bits per heavy atom. The number of hydrogen-bond donors (Lipinski definition) is 0. The summed E-state index contributed by atoms with van der Waals surface area (Å²) in [4.78, 5) is 4.56. The van der Waals surface area contributed by atoms with Crippen LogP contribution in [0.15, 0.2) is 182 Å². The standard InChI is InChI=1S/C52H30N4/c1-54-50-49(38-29-27-34-15-3-5-17-36(34)31-38)51(55-44-22-10-6-18-39(44)40-19-7-11-23-45(40)55)43(32-53)48(37-28-26-33-14-2-4-16-35(33)30-37)52(50)56-46-24-12-8-20-41(46)42-21-9-13-25-47(42)56/h2-31H. The Balaban J connectivity index is 1.43. The smallest absolute Gasteiger partial charge is 0.221 e. The second-order valence-electron chi connectivity index (χ2n) is 14.3. The van der Waals surface area contributed by atoms with Crippen molar-refractivity contribution in [3.8, 4) is 39.7 Å². The highest BCUT2D eigenvalue weighted by molar-refractivity contribution is 6.15. The zero-order chi connectivity index (χ0) is 37.3. The van der Waals surface area contributed by atoms with Gasteiger partial charge in [-0.25, -0.2) is 4.85 Å². The maximum Gasteiger partial charge on any atom is 0.221 e. The van der Waals surface area contributed by atoms with E-state index in [2.05, 4.69) is 154 Å². The van der Waals surface area contributed by atoms with Gasteiger partial charge in [0, 0.05) is 32.7 Å². The second-order valence-corrected chi connectivity index (χ2v) is 14.3. The highest BCUT2D eigenvalue weighted by Crippen LogP contribution is 2.52. The number of benzene rings is 9. The third-order valence-electron chi connectivity index (χ3n) is 11.3. The molecule has 56 heavy (non-hydrogen) atoms. The van der Waals surface area contributed by atoms with Gasteiger partial charge in [0.25, 0.3) is 0 Å². The molecule has 2 heterocycles. The summed E-state index contributed by atoms with van der Waals surface area (Å²) in [7, 11) is 0. The topological polar surface area (TPSA) is 38.0 Å². The van der Waals surface area contributed by atoms with Gasteiger partial charge in [-0.15, -0.1) is 0 Å². The number of nitrogens with zero attached hydrogens (tertiary/aromatic N) is 4. The first-order valence-corrected chi connectivity index (χ1v) is 18.7. The van der Waals surface area contributed by atoms with Crippen molar-refractivity contribution in [2.24, 2.45) is 0 Å². The van der Waals surface area contributed by atoms with Crippen LogP contribution in [0.1, 0.15) is 5.56 Å². The van der Waals surface area contributed by atoms with Crippen LogP contribution in [0.4, 0.5) is 5.69 Å². The summed E-state index contributed by atoms with van der Waals surface area (Å²) >= 11 is 0. The lowest BCUT2D eigenvalue weighted by molar-refractivity contribution is 1.14. The van der Waals surface area contributed by atoms with Crippen LogP contribution in [0.3, 0.4) is 0 Å². The minimum Gasteiger partial charge on any atom is -0.318 e. The molecule has 11 aromatic rings. The predicted molar refractivity (Wildman–Crippen MR) is 232 cm³/mol. The fourth-order valence-corrected chi connectivity index (χ4v) is 8.94. The Morgan fingerprint density at radius 1 is 0.411 bits per heavy atom. The van der Waals surface area contributed by atoms with Crippen LogP contribution in [0, 0.1) is 17.9 Å². The average Bonchev–Trinajstić information content (AvgIpc) is 3.78. The number of rotatable bonds is 4. The fourth-order valence-electron chi connectivity index (χ4n) is 8.94. The SMILES string of the molecule is [C-]#[N+]c1c(-c2ccc3ccccc3c2)c(-n2c3ccccc3c3ccccc32)c(C#N)c(-c2ccc3ccccc3c2)c1-n1c2ccccc2c2ccccc21. The van der Waals surface area contributed by atoms with Gasteiger partial charge in [-0.1, -0.05) is 146 Å². The second kappa shape index (κ2) is 12.3. The van der Waals surface area contributed by atoms with Gasteiger partial charge in [0.1, 0.15) is 6.07 Å². The Kier molecular flexibility index (Phi) is 6.95. The van der Waals surface area contributed by atoms with Crippen LogP contribution in [-0.2, 0) is 0 Å². The lowest BCUT2D eigenvalue weighted by Gasteiger charge is -2.25. The van der Waals surface area contributed by atoms with Crippen molar-refractivity contribution in [2.45, 2.75) is 0 Å². The summed E-state index contributed by atoms with van der Waals surface area (Å²) in [5.74, 6) is 0. The van der Waals surface area contributed by atoms with Gasteiger partial charge in [0.15, 0.2) is 0 Å². The van der Waals surface area contributed by atoms with Crippen molar-refractivity contribution >= 4 is 70.8 Å². The molecule has 0 aliphatic rings. The van der Waals surface area contributed by atoms with Crippen LogP contribution in [-0.4, -0.2) is 9.13 Å². The molecule has 0 saturated heterocycles. The summed E-state index contributed by atoms with van der Waals surface area (Å²) < 4.78 is 4.45. The van der Waals surface area contributed by atoms with E-state index in [9.17, 15) is 11.8 Å². The molecule has 0 atom stereocenters. The molecule has 0 amide bonds. The van der Waals surface area contributed by atoms with Gasteiger partial charge >= 0.3 is 0 Å². The van der Waals surface area contributed by atoms with Crippen LogP contribution in [0.5, 0.6) is 0 Å². The third kappa shape index (κ3) is 4.51. The quantitative estimate of drug-likeness (QED) is 0.168. The molecule has 0 aliphatic heterocycles. The minimum atomic E-state index is 0.478. The molecule has 0 aliphatic carbocycles. The van der Waals surface area contributed by atoms with E-state index < -0.39 is 0 Å². The van der Waals surface area contributed by atoms with Crippen molar-refractivity contribution in [3.05, 3.63) is 199 Å². The summed E-state index contributed by atoms with van der Waals surface area (Å²) in [6.07, 6.45) is 0. The normalized spacial score (nSPS) is 11.5. The van der Waals surface area contributed by atoms with Gasteiger partial charge in [-0.3, -0.25) is 0 Å². The molecule has 9 aromatic carbocycles. The van der Waals surface area contributed by atoms with E-state index in [1.807, 2.05) is 48.5 Å². The Morgan fingerprint density at radius 3 is 1.21 bits per heavy atom. The van der Waals surface area contributed by atoms with Crippen LogP contribution >= 0.6 is 0 Å². The van der Waals surface area contributed by atoms with Crippen molar-refractivity contribution in [3.63, 3.8) is 0 Å². The molecule has 0 bridgehead atoms. The lowest BCUT2D eigenvalue weighted by atomic mass is 9.87. The first-order valence-electron chi connectivity index (χ1n) is 18.7. The molecule has 2 aromatic heterocycles. The molecule has 0 fully saturated rings. The zero-order valence-electron chi connectivity index (χ0n) is 30.1. The van der Waals surface area contributed by atoms with Crippen molar-refractivity contribution < 1.29 is 0 Å². The number of nitriles is 1. The monoisotopic (exact) mass is 710 g/mol. The molecule has 4 heteroatoms. The Hall–Kier alpha value is -7.92. The molecule has 0 unspecified atom stereocenters. The van der Waals surface area contributed by atoms with Gasteiger partial charge < -0.3 is 9.13 Å². The Labute approximate surface area is 322 Å². The number of para-hydroxylation sites is 4. The van der Waals surface area contributed by atoms with Crippen molar-refractivity contribution in [2.75, 3.05) is 0 Å². The van der Waals surface area contributed by atoms with Gasteiger partial charge in [-0.05, 0) is 69.1 Å². The van der Waals surface area contributed by atoms with E-state index in [0.717, 1.165) is 87.4 Å². The van der Waals surface area contributed by atoms with Crippen LogP contribution in [0.25, 0.3) is 104 Å². The van der Waals surface area contributed by atoms with Crippen LogP contribution < -0.4 is 0 Å². The van der Waals surface area contributed by atoms with Crippen LogP contribution in [0.2, 0.25) is 0 Å².